The van der Waals surface area contributed by atoms with E-state index in [4.69, 9.17) is 37.5 Å². The van der Waals surface area contributed by atoms with Crippen molar-refractivity contribution < 1.29 is 96.9 Å². The molecule has 0 spiro atoms. The lowest BCUT2D eigenvalue weighted by atomic mass is 9.44. The predicted octanol–water partition coefficient (Wildman–Crippen LogP) is 6.58. The Morgan fingerprint density at radius 3 is 1.38 bits per heavy atom. The third-order valence-corrected chi connectivity index (χ3v) is 20.7. The van der Waals surface area contributed by atoms with Crippen molar-refractivity contribution in [2.75, 3.05) is 13.2 Å². The number of halogens is 3. The van der Waals surface area contributed by atoms with Gasteiger partial charge in [-0.2, -0.15) is 0 Å². The van der Waals surface area contributed by atoms with E-state index in [9.17, 15) is 59.4 Å². The van der Waals surface area contributed by atoms with Gasteiger partial charge < -0.3 is 68.1 Å². The maximum absolute atomic E-state index is 14.9. The van der Waals surface area contributed by atoms with Gasteiger partial charge in [0.25, 0.3) is 0 Å². The minimum Gasteiger partial charge on any atom is -0.455 e. The van der Waals surface area contributed by atoms with Crippen LogP contribution in [0.4, 0.5) is 0 Å². The quantitative estimate of drug-likeness (QED) is 0.0535. The van der Waals surface area contributed by atoms with Gasteiger partial charge in [-0.25, -0.2) is 9.59 Å². The molecular weight excluding hydrogens is 1400 g/mol. The monoisotopic (exact) mass is 1470 g/mol. The number of rotatable bonds is 8. The van der Waals surface area contributed by atoms with Crippen LogP contribution in [0.1, 0.15) is 116 Å². The molecule has 21 atom stereocenters. The molecule has 8 aliphatic rings. The number of esters is 4. The fraction of sp³-hybridized carbons (Fsp3) is 0.621. The van der Waals surface area contributed by atoms with Gasteiger partial charge in [-0.15, -0.1) is 11.2 Å². The number of ether oxygens (including phenoxy) is 6. The number of ketones is 2. The van der Waals surface area contributed by atoms with E-state index in [0.717, 1.165) is 0 Å². The van der Waals surface area contributed by atoms with Crippen LogP contribution in [-0.4, -0.2) is 163 Å². The summed E-state index contributed by atoms with van der Waals surface area (Å²) in [6.45, 7) is 15.3. The summed E-state index contributed by atoms with van der Waals surface area (Å²) < 4.78 is 47.6. The lowest BCUT2D eigenvalue weighted by molar-refractivity contribution is -0.345. The summed E-state index contributed by atoms with van der Waals surface area (Å²) in [5, 5.41) is 70.9. The molecule has 464 valence electrons. The molecule has 4 saturated carbocycles. The number of aliphatic hydroxyl groups excluding tert-OH is 4. The van der Waals surface area contributed by atoms with Crippen LogP contribution in [-0.2, 0) is 56.6 Å². The highest BCUT2D eigenvalue weighted by Gasteiger charge is 2.80. The van der Waals surface area contributed by atoms with Gasteiger partial charge in [-0.1, -0.05) is 64.1 Å². The Kier molecular flexibility index (Phi) is 21.1. The second kappa shape index (κ2) is 25.6. The van der Waals surface area contributed by atoms with Gasteiger partial charge in [0.05, 0.1) is 71.4 Å². The van der Waals surface area contributed by atoms with Gasteiger partial charge in [0, 0.05) is 107 Å². The van der Waals surface area contributed by atoms with E-state index >= 15 is 0 Å². The zero-order chi connectivity index (χ0) is 62.8. The number of carbonyl (C=O) groups is 6. The molecule has 6 N–H and O–H groups in total. The molecule has 2 aromatic rings. The Morgan fingerprint density at radius 1 is 0.607 bits per heavy atom. The third-order valence-electron chi connectivity index (χ3n) is 20.1. The van der Waals surface area contributed by atoms with Crippen molar-refractivity contribution in [1.82, 2.24) is 0 Å². The van der Waals surface area contributed by atoms with E-state index in [1.54, 1.807) is 97.0 Å². The lowest BCUT2D eigenvalue weighted by Crippen LogP contribution is -2.81. The van der Waals surface area contributed by atoms with Crippen LogP contribution in [0.25, 0.3) is 0 Å². The number of aliphatic hydroxyl groups is 6. The number of benzene rings is 2. The number of hydrogen-bond acceptors (Lipinski definition) is 20. The van der Waals surface area contributed by atoms with Crippen LogP contribution in [0.5, 0.6) is 0 Å². The van der Waals surface area contributed by atoms with Crippen molar-refractivity contribution in [3.05, 3.63) is 94.1 Å². The Labute approximate surface area is 523 Å². The maximum atomic E-state index is 14.9. The van der Waals surface area contributed by atoms with Gasteiger partial charge in [-0.05, 0) is 82.8 Å². The van der Waals surface area contributed by atoms with E-state index < -0.39 is 152 Å². The number of fused-ring (bicyclic) bond motifs is 10. The van der Waals surface area contributed by atoms with Crippen molar-refractivity contribution in [3.63, 3.8) is 0 Å². The molecule has 6 fully saturated rings. The highest BCUT2D eigenvalue weighted by atomic mass is 128. The van der Waals surface area contributed by atoms with Gasteiger partial charge in [0.15, 0.2) is 22.8 Å². The zero-order valence-electron chi connectivity index (χ0n) is 48.2. The molecule has 6 aliphatic carbocycles. The SMILES string of the molecule is CC(=O)O[C@@]12CO[C@@H]1C[C@H](O)[C@@]1(C)C(=O)[C@H](O)C3=C(C)[C@@H](O)C[C@@](O)([C@@H](OC(=O)c4ccccc4)[C@H]21)C3(C)C.CC(=O)O[C@@]12CO[C@@H]1C[C@H](OP)[C@@]1(C)C(=O)[C@H](OP)C3=C(C)[C@@H](O)C[C@@](O)([C@@H](OC(=O)c4ccccc4)[C@H]21)C3(C)C.II.PCl. The van der Waals surface area contributed by atoms with Crippen LogP contribution in [0.2, 0.25) is 0 Å². The van der Waals surface area contributed by atoms with E-state index in [1.165, 1.54) is 32.9 Å². The molecule has 10 rings (SSSR count). The van der Waals surface area contributed by atoms with E-state index in [-0.39, 0.29) is 55.6 Å². The first-order chi connectivity index (χ1) is 39.3. The average Bonchev–Trinajstić information content (AvgIpc) is 0.693. The average molecular weight is 1480 g/mol. The van der Waals surface area contributed by atoms with E-state index in [2.05, 4.69) is 67.4 Å². The fourth-order valence-electron chi connectivity index (χ4n) is 15.6. The smallest absolute Gasteiger partial charge is 0.338 e. The summed E-state index contributed by atoms with van der Waals surface area (Å²) in [6.07, 6.45) is -12.6. The number of carbonyl (C=O) groups excluding carboxylic acids is 6. The molecule has 20 nitrogen and oxygen atoms in total. The minimum atomic E-state index is -2.07. The van der Waals surface area contributed by atoms with Crippen LogP contribution in [0.15, 0.2) is 83.0 Å². The van der Waals surface area contributed by atoms with Crippen molar-refractivity contribution in [3.8, 4) is 0 Å². The van der Waals surface area contributed by atoms with E-state index in [0.29, 0.717) is 16.7 Å². The molecule has 2 heterocycles. The summed E-state index contributed by atoms with van der Waals surface area (Å²) in [7, 11) is 6.23. The summed E-state index contributed by atoms with van der Waals surface area (Å²) in [6, 6.07) is 16.4. The summed E-state index contributed by atoms with van der Waals surface area (Å²) in [5.41, 5.74) is -11.3. The normalized spacial score (nSPS) is 40.1. The minimum absolute atomic E-state index is 0.0824. The molecule has 0 radical (unpaired) electrons. The molecular formula is C58H76ClI2O20P3. The Morgan fingerprint density at radius 2 is 1.00 bits per heavy atom. The molecule has 2 aliphatic heterocycles. The van der Waals surface area contributed by atoms with Crippen molar-refractivity contribution in [2.45, 2.75) is 178 Å². The Hall–Kier alpha value is -2.22. The first-order valence-corrected chi connectivity index (χ1v) is 36.2. The van der Waals surface area contributed by atoms with Gasteiger partial charge in [0.1, 0.15) is 47.8 Å². The first kappa shape index (κ1) is 69.3. The van der Waals surface area contributed by atoms with Gasteiger partial charge in [-0.3, -0.25) is 19.2 Å². The summed E-state index contributed by atoms with van der Waals surface area (Å²) in [5.74, 6) is -6.51. The molecule has 4 bridgehead atoms. The number of Topliss-reactive ketones (excluding diaryl/α,β-unsaturated/α-hetero) is 2. The van der Waals surface area contributed by atoms with Gasteiger partial charge in [0.2, 0.25) is 0 Å². The second-order valence-corrected chi connectivity index (χ2v) is 25.1. The zero-order valence-corrected chi connectivity index (χ0v) is 56.7. The molecule has 0 amide bonds. The largest absolute Gasteiger partial charge is 0.455 e. The van der Waals surface area contributed by atoms with E-state index in [1.807, 2.05) is 8.59 Å². The van der Waals surface area contributed by atoms with Gasteiger partial charge >= 0.3 is 23.9 Å². The second-order valence-electron chi connectivity index (χ2n) is 24.6. The van der Waals surface area contributed by atoms with Crippen molar-refractivity contribution in [2.24, 2.45) is 33.5 Å². The molecule has 3 unspecified atom stereocenters. The fourth-order valence-corrected chi connectivity index (χ4v) is 16.2. The predicted molar refractivity (Wildman–Crippen MR) is 331 cm³/mol. The van der Waals surface area contributed by atoms with Crippen LogP contribution < -0.4 is 0 Å². The maximum Gasteiger partial charge on any atom is 0.338 e. The summed E-state index contributed by atoms with van der Waals surface area (Å²) >= 11 is 8.80. The van der Waals surface area contributed by atoms with Crippen LogP contribution >= 0.6 is 76.0 Å². The standard InChI is InChI=1S/C29H38O10P2.C29H36O10.ClH2P.I2/c1-14-17(31)12-29(34)24(36-25(33)16-9-7-6-8-10-16)22-27(5,23(32)21(39-41)20(14)26(29,3)4)18(38-40)11-19-28(22,13-35-19)37-15(2)30;1-14-17(31)12-29(36)24(38-25(35)16-9-7-6-8-10-16)22-27(5,23(34)21(33)20(14)26(29,3)4)18(32)11-19-28(22,13-37-19)39-15(2)30;2*1-2/h6-10,17-19,21-22,24,31,34H,11-13,40-41H2,1-5H3;6-10,17-19,21-22,24,31-33,36H,11-13H2,1-5H3;2H2;/t2*17-,18-,19+,21+,22-,24-,27+,28-,29+;;/m00../s1. The summed E-state index contributed by atoms with van der Waals surface area (Å²) in [4.78, 5) is 81.5. The van der Waals surface area contributed by atoms with Crippen LogP contribution in [0.3, 0.4) is 0 Å². The molecule has 0 aromatic heterocycles. The number of hydrogen-bond donors (Lipinski definition) is 6. The molecule has 26 heteroatoms. The van der Waals surface area contributed by atoms with Crippen LogP contribution in [0, 0.1) is 33.5 Å². The third kappa shape index (κ3) is 10.6. The van der Waals surface area contributed by atoms with Crippen molar-refractivity contribution in [1.29, 1.82) is 0 Å². The lowest BCUT2D eigenvalue weighted by Gasteiger charge is -2.67. The highest BCUT2D eigenvalue weighted by molar-refractivity contribution is 15.0. The molecule has 2 saturated heterocycles. The van der Waals surface area contributed by atoms with Crippen molar-refractivity contribution >= 4 is 111 Å². The Bertz CT molecular complexity index is 2940. The molecule has 84 heavy (non-hydrogen) atoms. The molecule has 2 aromatic carbocycles. The topological polar surface area (TPSA) is 298 Å². The Balaban J connectivity index is 0.000000228. The first-order valence-electron chi connectivity index (χ1n) is 27.2. The highest BCUT2D eigenvalue weighted by Crippen LogP contribution is 2.67.